The number of halogens is 3. The highest BCUT2D eigenvalue weighted by atomic mass is 127. The van der Waals surface area contributed by atoms with Crippen molar-refractivity contribution >= 4 is 56.6 Å². The third kappa shape index (κ3) is 4.17. The molecule has 11 heteroatoms. The second-order valence-electron chi connectivity index (χ2n) is 6.58. The van der Waals surface area contributed by atoms with Crippen LogP contribution in [0.2, 0.25) is 5.02 Å². The van der Waals surface area contributed by atoms with Crippen LogP contribution in [0.3, 0.4) is 0 Å². The number of benzene rings is 1. The Kier molecular flexibility index (Phi) is 6.70. The van der Waals surface area contributed by atoms with E-state index in [-0.39, 0.29) is 39.8 Å². The van der Waals surface area contributed by atoms with Crippen molar-refractivity contribution in [1.29, 1.82) is 0 Å². The van der Waals surface area contributed by atoms with Gasteiger partial charge in [-0.3, -0.25) is 14.2 Å². The predicted molar refractivity (Wildman–Crippen MR) is 120 cm³/mol. The van der Waals surface area contributed by atoms with Gasteiger partial charge in [0, 0.05) is 17.7 Å². The zero-order chi connectivity index (χ0) is 22.2. The van der Waals surface area contributed by atoms with Crippen LogP contribution in [-0.4, -0.2) is 38.7 Å². The van der Waals surface area contributed by atoms with E-state index in [1.807, 2.05) is 22.6 Å². The SMILES string of the molecule is Cn1cc(OCC(O)CO)c(=O)c2c(Nc3ccc(I)cc3F)c(Cl)c(=O)n(C)c21. The van der Waals surface area contributed by atoms with Gasteiger partial charge < -0.3 is 24.8 Å². The lowest BCUT2D eigenvalue weighted by atomic mass is 10.2. The Hall–Kier alpha value is -2.15. The normalized spacial score (nSPS) is 12.2. The van der Waals surface area contributed by atoms with Gasteiger partial charge in [-0.1, -0.05) is 11.6 Å². The molecule has 0 spiro atoms. The fourth-order valence-electron chi connectivity index (χ4n) is 2.97. The van der Waals surface area contributed by atoms with Crippen LogP contribution in [0.1, 0.15) is 0 Å². The standard InChI is InChI=1S/C19H18ClFIN3O5/c1-24-6-13(30-8-10(27)7-26)17(28)14-16(15(20)19(29)25(2)18(14)24)23-12-4-3-9(22)5-11(12)21/h3-6,10,23,26-27H,7-8H2,1-2H3. The molecule has 8 nitrogen and oxygen atoms in total. The molecule has 0 saturated heterocycles. The van der Waals surface area contributed by atoms with E-state index in [0.29, 0.717) is 3.57 Å². The van der Waals surface area contributed by atoms with Crippen LogP contribution in [0.15, 0.2) is 34.0 Å². The van der Waals surface area contributed by atoms with E-state index in [9.17, 15) is 19.1 Å². The molecule has 3 aromatic rings. The zero-order valence-corrected chi connectivity index (χ0v) is 18.9. The molecule has 0 bridgehead atoms. The molecular weight excluding hydrogens is 532 g/mol. The molecule has 0 amide bonds. The quantitative estimate of drug-likeness (QED) is 0.407. The van der Waals surface area contributed by atoms with Crippen molar-refractivity contribution in [2.75, 3.05) is 18.5 Å². The molecule has 30 heavy (non-hydrogen) atoms. The average molecular weight is 550 g/mol. The Morgan fingerprint density at radius 2 is 2.03 bits per heavy atom. The maximum Gasteiger partial charge on any atom is 0.272 e. The molecule has 1 unspecified atom stereocenters. The van der Waals surface area contributed by atoms with Gasteiger partial charge in [0.2, 0.25) is 5.43 Å². The zero-order valence-electron chi connectivity index (χ0n) is 15.9. The Labute approximate surface area is 188 Å². The number of aliphatic hydroxyl groups excluding tert-OH is 2. The average Bonchev–Trinajstić information content (AvgIpc) is 2.71. The predicted octanol–water partition coefficient (Wildman–Crippen LogP) is 2.11. The summed E-state index contributed by atoms with van der Waals surface area (Å²) >= 11 is 8.22. The van der Waals surface area contributed by atoms with E-state index in [0.717, 1.165) is 0 Å². The highest BCUT2D eigenvalue weighted by Crippen LogP contribution is 2.31. The summed E-state index contributed by atoms with van der Waals surface area (Å²) in [4.78, 5) is 25.8. The maximum absolute atomic E-state index is 14.4. The minimum Gasteiger partial charge on any atom is -0.485 e. The summed E-state index contributed by atoms with van der Waals surface area (Å²) in [6.07, 6.45) is 0.185. The third-order valence-corrected chi connectivity index (χ3v) is 5.45. The summed E-state index contributed by atoms with van der Waals surface area (Å²) < 4.78 is 23.1. The molecule has 3 rings (SSSR count). The van der Waals surface area contributed by atoms with Gasteiger partial charge in [-0.15, -0.1) is 0 Å². The molecular formula is C19H18ClFIN3O5. The Bertz CT molecular complexity index is 1240. The molecule has 2 heterocycles. The summed E-state index contributed by atoms with van der Waals surface area (Å²) in [5.41, 5.74) is -0.964. The van der Waals surface area contributed by atoms with E-state index in [1.54, 1.807) is 13.1 Å². The molecule has 0 fully saturated rings. The van der Waals surface area contributed by atoms with Crippen molar-refractivity contribution in [3.8, 4) is 5.75 Å². The number of fused-ring (bicyclic) bond motifs is 1. The van der Waals surface area contributed by atoms with Crippen LogP contribution < -0.4 is 21.0 Å². The summed E-state index contributed by atoms with van der Waals surface area (Å²) in [5.74, 6) is -0.708. The van der Waals surface area contributed by atoms with Crippen molar-refractivity contribution in [3.63, 3.8) is 0 Å². The van der Waals surface area contributed by atoms with Crippen molar-refractivity contribution in [1.82, 2.24) is 9.13 Å². The monoisotopic (exact) mass is 549 g/mol. The smallest absolute Gasteiger partial charge is 0.272 e. The number of anilines is 2. The van der Waals surface area contributed by atoms with Gasteiger partial charge >= 0.3 is 0 Å². The molecule has 3 N–H and O–H groups in total. The second kappa shape index (κ2) is 8.92. The molecule has 0 saturated carbocycles. The van der Waals surface area contributed by atoms with Crippen LogP contribution in [0, 0.1) is 9.39 Å². The van der Waals surface area contributed by atoms with E-state index >= 15 is 0 Å². The first-order valence-corrected chi connectivity index (χ1v) is 10.2. The molecule has 0 aliphatic heterocycles. The van der Waals surface area contributed by atoms with Crippen LogP contribution in [0.5, 0.6) is 5.75 Å². The number of aliphatic hydroxyl groups is 2. The number of nitrogens with one attached hydrogen (secondary N) is 1. The summed E-state index contributed by atoms with van der Waals surface area (Å²) in [5, 5.41) is 21.0. The number of hydrogen-bond donors (Lipinski definition) is 3. The molecule has 0 aliphatic rings. The van der Waals surface area contributed by atoms with Gasteiger partial charge in [-0.05, 0) is 40.8 Å². The molecule has 2 aromatic heterocycles. The topological polar surface area (TPSA) is 106 Å². The number of hydrogen-bond acceptors (Lipinski definition) is 6. The number of nitrogens with zero attached hydrogens (tertiary/aromatic N) is 2. The maximum atomic E-state index is 14.4. The third-order valence-electron chi connectivity index (χ3n) is 4.43. The fourth-order valence-corrected chi connectivity index (χ4v) is 3.69. The van der Waals surface area contributed by atoms with Crippen molar-refractivity contribution in [3.05, 3.63) is 59.4 Å². The number of ether oxygens (including phenoxy) is 1. The summed E-state index contributed by atoms with van der Waals surface area (Å²) in [7, 11) is 3.06. The van der Waals surface area contributed by atoms with E-state index in [2.05, 4.69) is 5.32 Å². The second-order valence-corrected chi connectivity index (χ2v) is 8.21. The van der Waals surface area contributed by atoms with Crippen LogP contribution in [0.4, 0.5) is 15.8 Å². The van der Waals surface area contributed by atoms with Crippen molar-refractivity contribution < 1.29 is 19.3 Å². The Morgan fingerprint density at radius 3 is 2.67 bits per heavy atom. The summed E-state index contributed by atoms with van der Waals surface area (Å²) in [6.45, 7) is -0.849. The van der Waals surface area contributed by atoms with Gasteiger partial charge in [-0.2, -0.15) is 0 Å². The lowest BCUT2D eigenvalue weighted by molar-refractivity contribution is 0.0531. The van der Waals surface area contributed by atoms with Gasteiger partial charge in [-0.25, -0.2) is 4.39 Å². The van der Waals surface area contributed by atoms with Crippen LogP contribution >= 0.6 is 34.2 Å². The molecule has 160 valence electrons. The lowest BCUT2D eigenvalue weighted by Gasteiger charge is -2.18. The molecule has 1 aromatic carbocycles. The number of aryl methyl sites for hydroxylation is 2. The number of rotatable bonds is 6. The van der Waals surface area contributed by atoms with Crippen molar-refractivity contribution in [2.24, 2.45) is 14.1 Å². The molecule has 0 aliphatic carbocycles. The highest BCUT2D eigenvalue weighted by Gasteiger charge is 2.22. The molecule has 1 atom stereocenters. The highest BCUT2D eigenvalue weighted by molar-refractivity contribution is 14.1. The van der Waals surface area contributed by atoms with E-state index in [4.69, 9.17) is 21.4 Å². The van der Waals surface area contributed by atoms with Crippen LogP contribution in [0.25, 0.3) is 11.0 Å². The van der Waals surface area contributed by atoms with Crippen molar-refractivity contribution in [2.45, 2.75) is 6.10 Å². The van der Waals surface area contributed by atoms with Gasteiger partial charge in [0.05, 0.1) is 29.6 Å². The number of pyridine rings is 2. The lowest BCUT2D eigenvalue weighted by Crippen LogP contribution is -2.27. The van der Waals surface area contributed by atoms with Crippen LogP contribution in [-0.2, 0) is 14.1 Å². The van der Waals surface area contributed by atoms with E-state index < -0.39 is 29.5 Å². The largest absolute Gasteiger partial charge is 0.485 e. The minimum absolute atomic E-state index is 0.0125. The van der Waals surface area contributed by atoms with Gasteiger partial charge in [0.1, 0.15) is 29.2 Å². The van der Waals surface area contributed by atoms with Gasteiger partial charge in [0.25, 0.3) is 5.56 Å². The Morgan fingerprint density at radius 1 is 1.33 bits per heavy atom. The minimum atomic E-state index is -1.17. The summed E-state index contributed by atoms with van der Waals surface area (Å²) in [6, 6.07) is 4.42. The molecule has 0 radical (unpaired) electrons. The number of aromatic nitrogens is 2. The van der Waals surface area contributed by atoms with Gasteiger partial charge in [0.15, 0.2) is 5.75 Å². The first-order valence-electron chi connectivity index (χ1n) is 8.71. The fraction of sp³-hybridized carbons (Fsp3) is 0.263. The first kappa shape index (κ1) is 22.5. The Balaban J connectivity index is 2.28. The first-order chi connectivity index (χ1) is 14.1. The van der Waals surface area contributed by atoms with E-state index in [1.165, 1.54) is 34.5 Å².